The van der Waals surface area contributed by atoms with E-state index in [1.807, 2.05) is 0 Å². The molecule has 3 nitrogen and oxygen atoms in total. The standard InChI is InChI=1S/C16H28N2O/c1-13-5-2-6-14(13)15(19)18-10-4-8-16(12-18)7-3-9-17-11-16/h13-14,17H,2-12H2,1H3. The second-order valence-electron chi connectivity index (χ2n) is 7.16. The van der Waals surface area contributed by atoms with Gasteiger partial charge in [0.1, 0.15) is 0 Å². The van der Waals surface area contributed by atoms with E-state index < -0.39 is 0 Å². The zero-order valence-corrected chi connectivity index (χ0v) is 12.3. The van der Waals surface area contributed by atoms with Crippen molar-refractivity contribution in [1.82, 2.24) is 10.2 Å². The lowest BCUT2D eigenvalue weighted by Crippen LogP contribution is -2.53. The number of carbonyl (C=O) groups is 1. The van der Waals surface area contributed by atoms with Crippen LogP contribution in [-0.4, -0.2) is 37.0 Å². The Kier molecular flexibility index (Phi) is 3.84. The van der Waals surface area contributed by atoms with Crippen LogP contribution in [0, 0.1) is 17.3 Å². The van der Waals surface area contributed by atoms with Crippen LogP contribution in [0.2, 0.25) is 0 Å². The molecule has 2 aliphatic heterocycles. The van der Waals surface area contributed by atoms with Crippen molar-refractivity contribution in [1.29, 1.82) is 0 Å². The van der Waals surface area contributed by atoms with Gasteiger partial charge in [-0.05, 0) is 51.0 Å². The summed E-state index contributed by atoms with van der Waals surface area (Å²) in [6, 6.07) is 0. The first-order valence-corrected chi connectivity index (χ1v) is 8.20. The van der Waals surface area contributed by atoms with E-state index in [0.29, 0.717) is 23.2 Å². The number of nitrogens with zero attached hydrogens (tertiary/aromatic N) is 1. The van der Waals surface area contributed by atoms with Crippen molar-refractivity contribution in [2.75, 3.05) is 26.2 Å². The molecule has 1 N–H and O–H groups in total. The molecule has 3 heteroatoms. The maximum Gasteiger partial charge on any atom is 0.225 e. The molecule has 3 atom stereocenters. The Morgan fingerprint density at radius 2 is 2.05 bits per heavy atom. The molecule has 3 unspecified atom stereocenters. The first-order valence-electron chi connectivity index (χ1n) is 8.20. The quantitative estimate of drug-likeness (QED) is 0.789. The number of carbonyl (C=O) groups excluding carboxylic acids is 1. The smallest absolute Gasteiger partial charge is 0.225 e. The fourth-order valence-electron chi connectivity index (χ4n) is 4.52. The molecule has 0 aromatic heterocycles. The molecule has 0 aromatic rings. The van der Waals surface area contributed by atoms with Crippen molar-refractivity contribution >= 4 is 5.91 Å². The first-order chi connectivity index (χ1) is 9.20. The van der Waals surface area contributed by atoms with Gasteiger partial charge in [-0.15, -0.1) is 0 Å². The summed E-state index contributed by atoms with van der Waals surface area (Å²) in [4.78, 5) is 15.0. The molecule has 1 spiro atoms. The van der Waals surface area contributed by atoms with Crippen molar-refractivity contribution in [3.63, 3.8) is 0 Å². The molecule has 3 aliphatic rings. The molecular weight excluding hydrogens is 236 g/mol. The number of rotatable bonds is 1. The minimum absolute atomic E-state index is 0.326. The lowest BCUT2D eigenvalue weighted by atomic mass is 9.74. The lowest BCUT2D eigenvalue weighted by Gasteiger charge is -2.46. The molecule has 1 amide bonds. The van der Waals surface area contributed by atoms with Crippen molar-refractivity contribution in [3.8, 4) is 0 Å². The van der Waals surface area contributed by atoms with Crippen LogP contribution in [0.5, 0.6) is 0 Å². The van der Waals surface area contributed by atoms with E-state index in [2.05, 4.69) is 17.1 Å². The highest BCUT2D eigenvalue weighted by Crippen LogP contribution is 2.38. The highest BCUT2D eigenvalue weighted by atomic mass is 16.2. The first kappa shape index (κ1) is 13.4. The Labute approximate surface area is 117 Å². The second kappa shape index (κ2) is 5.43. The van der Waals surface area contributed by atoms with Crippen LogP contribution in [0.1, 0.15) is 51.9 Å². The molecule has 2 saturated heterocycles. The molecule has 108 valence electrons. The summed E-state index contributed by atoms with van der Waals surface area (Å²) >= 11 is 0. The zero-order chi connectivity index (χ0) is 13.3. The Hall–Kier alpha value is -0.570. The van der Waals surface area contributed by atoms with Gasteiger partial charge in [0.25, 0.3) is 0 Å². The van der Waals surface area contributed by atoms with Crippen LogP contribution in [0.25, 0.3) is 0 Å². The predicted octanol–water partition coefficient (Wildman–Crippen LogP) is 2.41. The van der Waals surface area contributed by atoms with E-state index in [9.17, 15) is 4.79 Å². The molecule has 0 aromatic carbocycles. The highest BCUT2D eigenvalue weighted by molar-refractivity contribution is 5.79. The summed E-state index contributed by atoms with van der Waals surface area (Å²) < 4.78 is 0. The largest absolute Gasteiger partial charge is 0.342 e. The third-order valence-electron chi connectivity index (χ3n) is 5.71. The molecule has 19 heavy (non-hydrogen) atoms. The van der Waals surface area contributed by atoms with Crippen LogP contribution in [0.3, 0.4) is 0 Å². The number of nitrogens with one attached hydrogen (secondary N) is 1. The van der Waals surface area contributed by atoms with E-state index in [1.54, 1.807) is 0 Å². The average Bonchev–Trinajstić information content (AvgIpc) is 2.85. The predicted molar refractivity (Wildman–Crippen MR) is 76.9 cm³/mol. The fraction of sp³-hybridized carbons (Fsp3) is 0.938. The topological polar surface area (TPSA) is 32.3 Å². The third kappa shape index (κ3) is 2.67. The summed E-state index contributed by atoms with van der Waals surface area (Å²) in [6.07, 6.45) is 8.72. The maximum atomic E-state index is 12.7. The van der Waals surface area contributed by atoms with E-state index >= 15 is 0 Å². The zero-order valence-electron chi connectivity index (χ0n) is 12.3. The van der Waals surface area contributed by atoms with Crippen molar-refractivity contribution in [3.05, 3.63) is 0 Å². The lowest BCUT2D eigenvalue weighted by molar-refractivity contribution is -0.140. The summed E-state index contributed by atoms with van der Waals surface area (Å²) in [5.41, 5.74) is 0.397. The summed E-state index contributed by atoms with van der Waals surface area (Å²) in [5, 5.41) is 3.55. The summed E-state index contributed by atoms with van der Waals surface area (Å²) in [7, 11) is 0. The van der Waals surface area contributed by atoms with Crippen LogP contribution < -0.4 is 5.32 Å². The molecule has 1 saturated carbocycles. The van der Waals surface area contributed by atoms with Gasteiger partial charge in [-0.25, -0.2) is 0 Å². The molecule has 1 aliphatic carbocycles. The Balaban J connectivity index is 1.65. The molecule has 2 heterocycles. The monoisotopic (exact) mass is 264 g/mol. The number of hydrogen-bond acceptors (Lipinski definition) is 2. The number of hydrogen-bond donors (Lipinski definition) is 1. The van der Waals surface area contributed by atoms with Gasteiger partial charge in [0, 0.05) is 31.0 Å². The van der Waals surface area contributed by atoms with Gasteiger partial charge in [0.05, 0.1) is 0 Å². The van der Waals surface area contributed by atoms with Crippen LogP contribution in [0.4, 0.5) is 0 Å². The van der Waals surface area contributed by atoms with E-state index in [1.165, 1.54) is 38.5 Å². The molecule has 3 rings (SSSR count). The summed E-state index contributed by atoms with van der Waals surface area (Å²) in [5.74, 6) is 1.40. The van der Waals surface area contributed by atoms with Gasteiger partial charge in [-0.2, -0.15) is 0 Å². The van der Waals surface area contributed by atoms with Gasteiger partial charge in [-0.3, -0.25) is 4.79 Å². The Morgan fingerprint density at radius 1 is 1.21 bits per heavy atom. The molecular formula is C16H28N2O. The molecule has 0 radical (unpaired) electrons. The van der Waals surface area contributed by atoms with Gasteiger partial charge < -0.3 is 10.2 Å². The van der Waals surface area contributed by atoms with Crippen LogP contribution in [0.15, 0.2) is 0 Å². The SMILES string of the molecule is CC1CCCC1C(=O)N1CCCC2(CCCNC2)C1. The van der Waals surface area contributed by atoms with Crippen LogP contribution in [-0.2, 0) is 4.79 Å². The fourth-order valence-corrected chi connectivity index (χ4v) is 4.52. The van der Waals surface area contributed by atoms with Crippen LogP contribution >= 0.6 is 0 Å². The second-order valence-corrected chi connectivity index (χ2v) is 7.16. The van der Waals surface area contributed by atoms with E-state index in [-0.39, 0.29) is 0 Å². The number of amides is 1. The third-order valence-corrected chi connectivity index (χ3v) is 5.71. The van der Waals surface area contributed by atoms with Gasteiger partial charge in [0.15, 0.2) is 0 Å². The summed E-state index contributed by atoms with van der Waals surface area (Å²) in [6.45, 7) is 6.57. The number of piperidine rings is 2. The van der Waals surface area contributed by atoms with Crippen molar-refractivity contribution < 1.29 is 4.79 Å². The van der Waals surface area contributed by atoms with Crippen molar-refractivity contribution in [2.45, 2.75) is 51.9 Å². The van der Waals surface area contributed by atoms with Gasteiger partial charge in [0.2, 0.25) is 5.91 Å². The molecule has 3 fully saturated rings. The number of likely N-dealkylation sites (tertiary alicyclic amines) is 1. The normalized spacial score (nSPS) is 39.7. The minimum Gasteiger partial charge on any atom is -0.342 e. The Bertz CT molecular complexity index is 330. The van der Waals surface area contributed by atoms with Crippen molar-refractivity contribution in [2.24, 2.45) is 17.3 Å². The highest BCUT2D eigenvalue weighted by Gasteiger charge is 2.40. The molecule has 0 bridgehead atoms. The van der Waals surface area contributed by atoms with E-state index in [4.69, 9.17) is 0 Å². The minimum atomic E-state index is 0.326. The Morgan fingerprint density at radius 3 is 2.74 bits per heavy atom. The van der Waals surface area contributed by atoms with Gasteiger partial charge >= 0.3 is 0 Å². The average molecular weight is 264 g/mol. The van der Waals surface area contributed by atoms with E-state index in [0.717, 1.165) is 32.6 Å². The maximum absolute atomic E-state index is 12.7. The van der Waals surface area contributed by atoms with Gasteiger partial charge in [-0.1, -0.05) is 13.3 Å².